The van der Waals surface area contributed by atoms with Gasteiger partial charge in [0.05, 0.1) is 6.10 Å². The van der Waals surface area contributed by atoms with E-state index >= 15 is 0 Å². The lowest BCUT2D eigenvalue weighted by Crippen LogP contribution is -2.34. The van der Waals surface area contributed by atoms with Gasteiger partial charge in [0, 0.05) is 12.5 Å². The van der Waals surface area contributed by atoms with E-state index in [1.54, 1.807) is 0 Å². The summed E-state index contributed by atoms with van der Waals surface area (Å²) in [7, 11) is 0. The third-order valence-electron chi connectivity index (χ3n) is 3.57. The van der Waals surface area contributed by atoms with Crippen LogP contribution in [0.5, 0.6) is 0 Å². The smallest absolute Gasteiger partial charge is 0.223 e. The van der Waals surface area contributed by atoms with E-state index in [0.29, 0.717) is 0 Å². The number of carbonyl (C=O) groups is 1. The molecule has 0 fully saturated rings. The van der Waals surface area contributed by atoms with Crippen LogP contribution in [-0.2, 0) is 4.79 Å². The summed E-state index contributed by atoms with van der Waals surface area (Å²) >= 11 is 0. The van der Waals surface area contributed by atoms with Crippen molar-refractivity contribution in [1.29, 1.82) is 0 Å². The zero-order valence-corrected chi connectivity index (χ0v) is 11.3. The fraction of sp³-hybridized carbons (Fsp3) is 0.438. The monoisotopic (exact) mass is 259 g/mol. The number of aryl methyl sites for hydroxylation is 1. The molecule has 0 unspecified atom stereocenters. The van der Waals surface area contributed by atoms with Gasteiger partial charge in [0.2, 0.25) is 5.91 Å². The molecule has 0 aromatic heterocycles. The number of benzene rings is 1. The molecular weight excluding hydrogens is 238 g/mol. The molecule has 0 bridgehead atoms. The second-order valence-corrected chi connectivity index (χ2v) is 5.15. The highest BCUT2D eigenvalue weighted by molar-refractivity contribution is 5.79. The van der Waals surface area contributed by atoms with Gasteiger partial charge in [0.1, 0.15) is 0 Å². The van der Waals surface area contributed by atoms with E-state index < -0.39 is 6.10 Å². The number of carbonyl (C=O) groups excluding carboxylic acids is 1. The Labute approximate surface area is 114 Å². The lowest BCUT2D eigenvalue weighted by atomic mass is 9.93. The number of aliphatic hydroxyl groups excluding tert-OH is 1. The van der Waals surface area contributed by atoms with Crippen molar-refractivity contribution in [2.45, 2.75) is 32.3 Å². The Morgan fingerprint density at radius 3 is 2.74 bits per heavy atom. The quantitative estimate of drug-likeness (QED) is 0.816. The average molecular weight is 259 g/mol. The predicted octanol–water partition coefficient (Wildman–Crippen LogP) is 2.50. The highest BCUT2D eigenvalue weighted by Crippen LogP contribution is 2.18. The van der Waals surface area contributed by atoms with Gasteiger partial charge < -0.3 is 10.4 Å². The molecule has 0 heterocycles. The second kappa shape index (κ2) is 6.53. The third kappa shape index (κ3) is 3.93. The summed E-state index contributed by atoms with van der Waals surface area (Å²) in [6, 6.07) is 7.73. The van der Waals surface area contributed by atoms with Gasteiger partial charge in [0.25, 0.3) is 0 Å². The molecule has 0 saturated heterocycles. The van der Waals surface area contributed by atoms with Crippen LogP contribution in [0.2, 0.25) is 0 Å². The molecule has 0 radical (unpaired) electrons. The Kier molecular flexibility index (Phi) is 4.74. The van der Waals surface area contributed by atoms with Crippen LogP contribution in [0, 0.1) is 12.8 Å². The number of amides is 1. The Hall–Kier alpha value is -1.61. The largest absolute Gasteiger partial charge is 0.387 e. The van der Waals surface area contributed by atoms with Crippen LogP contribution in [0.3, 0.4) is 0 Å². The second-order valence-electron chi connectivity index (χ2n) is 5.15. The third-order valence-corrected chi connectivity index (χ3v) is 3.57. The molecule has 2 N–H and O–H groups in total. The van der Waals surface area contributed by atoms with Crippen LogP contribution in [-0.4, -0.2) is 17.6 Å². The molecule has 0 spiro atoms. The molecule has 1 amide bonds. The van der Waals surface area contributed by atoms with Gasteiger partial charge >= 0.3 is 0 Å². The van der Waals surface area contributed by atoms with Gasteiger partial charge in [-0.2, -0.15) is 0 Å². The van der Waals surface area contributed by atoms with Crippen molar-refractivity contribution >= 4 is 5.91 Å². The molecule has 1 aliphatic rings. The summed E-state index contributed by atoms with van der Waals surface area (Å²) in [6.07, 6.45) is 6.23. The maximum absolute atomic E-state index is 11.9. The predicted molar refractivity (Wildman–Crippen MR) is 75.6 cm³/mol. The minimum absolute atomic E-state index is 0.0514. The molecule has 19 heavy (non-hydrogen) atoms. The molecule has 3 heteroatoms. The molecule has 2 atom stereocenters. The lowest BCUT2D eigenvalue weighted by Gasteiger charge is -2.19. The fourth-order valence-corrected chi connectivity index (χ4v) is 2.28. The Morgan fingerprint density at radius 2 is 2.11 bits per heavy atom. The van der Waals surface area contributed by atoms with Crippen LogP contribution in [0.15, 0.2) is 36.4 Å². The van der Waals surface area contributed by atoms with E-state index in [1.165, 1.54) is 0 Å². The number of hydrogen-bond donors (Lipinski definition) is 2. The molecule has 1 aliphatic carbocycles. The molecule has 2 rings (SSSR count). The van der Waals surface area contributed by atoms with E-state index in [1.807, 2.05) is 31.2 Å². The molecule has 1 aromatic rings. The first-order chi connectivity index (χ1) is 9.16. The number of rotatable bonds is 4. The highest BCUT2D eigenvalue weighted by Gasteiger charge is 2.19. The molecule has 102 valence electrons. The number of nitrogens with one attached hydrogen (secondary N) is 1. The van der Waals surface area contributed by atoms with E-state index in [0.717, 1.165) is 30.4 Å². The Morgan fingerprint density at radius 1 is 1.37 bits per heavy atom. The molecule has 0 saturated carbocycles. The van der Waals surface area contributed by atoms with Crippen molar-refractivity contribution in [3.63, 3.8) is 0 Å². The highest BCUT2D eigenvalue weighted by atomic mass is 16.3. The van der Waals surface area contributed by atoms with Gasteiger partial charge in [-0.15, -0.1) is 0 Å². The van der Waals surface area contributed by atoms with E-state index in [2.05, 4.69) is 17.5 Å². The first-order valence-electron chi connectivity index (χ1n) is 6.84. The topological polar surface area (TPSA) is 49.3 Å². The fourth-order valence-electron chi connectivity index (χ4n) is 2.28. The zero-order valence-electron chi connectivity index (χ0n) is 11.3. The summed E-state index contributed by atoms with van der Waals surface area (Å²) in [5.74, 6) is 0.116. The van der Waals surface area contributed by atoms with Crippen LogP contribution in [0.1, 0.15) is 36.5 Å². The van der Waals surface area contributed by atoms with Crippen molar-refractivity contribution in [1.82, 2.24) is 5.32 Å². The summed E-state index contributed by atoms with van der Waals surface area (Å²) in [6.45, 7) is 2.29. The average Bonchev–Trinajstić information content (AvgIpc) is 2.46. The summed E-state index contributed by atoms with van der Waals surface area (Å²) in [4.78, 5) is 11.9. The van der Waals surface area contributed by atoms with Crippen molar-refractivity contribution < 1.29 is 9.90 Å². The molecule has 1 aromatic carbocycles. The summed E-state index contributed by atoms with van der Waals surface area (Å²) < 4.78 is 0. The zero-order chi connectivity index (χ0) is 13.7. The molecular formula is C16H21NO2. The maximum atomic E-state index is 11.9. The standard InChI is InChI=1S/C16H21NO2/c1-12-7-9-13(10-8-12)15(18)11-17-16(19)14-5-3-2-4-6-14/h2-3,7-10,14-15,18H,4-6,11H2,1H3,(H,17,19)/t14-,15-/m1/s1. The summed E-state index contributed by atoms with van der Waals surface area (Å²) in [5, 5.41) is 12.9. The van der Waals surface area contributed by atoms with E-state index in [4.69, 9.17) is 0 Å². The van der Waals surface area contributed by atoms with Crippen LogP contribution >= 0.6 is 0 Å². The minimum atomic E-state index is -0.635. The molecule has 0 aliphatic heterocycles. The molecule has 3 nitrogen and oxygen atoms in total. The van der Waals surface area contributed by atoms with Crippen LogP contribution in [0.4, 0.5) is 0 Å². The number of hydrogen-bond acceptors (Lipinski definition) is 2. The minimum Gasteiger partial charge on any atom is -0.387 e. The van der Waals surface area contributed by atoms with Gasteiger partial charge in [-0.25, -0.2) is 0 Å². The van der Waals surface area contributed by atoms with Crippen molar-refractivity contribution in [3.05, 3.63) is 47.5 Å². The normalized spacial score (nSPS) is 20.0. The van der Waals surface area contributed by atoms with Crippen molar-refractivity contribution in [3.8, 4) is 0 Å². The van der Waals surface area contributed by atoms with Crippen LogP contribution < -0.4 is 5.32 Å². The maximum Gasteiger partial charge on any atom is 0.223 e. The van der Waals surface area contributed by atoms with Gasteiger partial charge in [-0.05, 0) is 31.7 Å². The van der Waals surface area contributed by atoms with Gasteiger partial charge in [-0.3, -0.25) is 4.79 Å². The number of aliphatic hydroxyl groups is 1. The van der Waals surface area contributed by atoms with Gasteiger partial charge in [-0.1, -0.05) is 42.0 Å². The lowest BCUT2D eigenvalue weighted by molar-refractivity contribution is -0.125. The summed E-state index contributed by atoms with van der Waals surface area (Å²) in [5.41, 5.74) is 2.00. The Bertz CT molecular complexity index is 450. The number of allylic oxidation sites excluding steroid dienone is 2. The first-order valence-corrected chi connectivity index (χ1v) is 6.84. The van der Waals surface area contributed by atoms with E-state index in [9.17, 15) is 9.90 Å². The van der Waals surface area contributed by atoms with Crippen LogP contribution in [0.25, 0.3) is 0 Å². The van der Waals surface area contributed by atoms with E-state index in [-0.39, 0.29) is 18.4 Å². The first kappa shape index (κ1) is 13.8. The Balaban J connectivity index is 1.82. The van der Waals surface area contributed by atoms with Crippen molar-refractivity contribution in [2.75, 3.05) is 6.54 Å². The SMILES string of the molecule is Cc1ccc([C@H](O)CNC(=O)[C@@H]2CC=CCC2)cc1. The van der Waals surface area contributed by atoms with Gasteiger partial charge in [0.15, 0.2) is 0 Å². The van der Waals surface area contributed by atoms with Crippen molar-refractivity contribution in [2.24, 2.45) is 5.92 Å².